The van der Waals surface area contributed by atoms with Gasteiger partial charge < -0.3 is 9.30 Å². The van der Waals surface area contributed by atoms with E-state index in [0.29, 0.717) is 17.1 Å². The zero-order valence-electron chi connectivity index (χ0n) is 14.8. The Morgan fingerprint density at radius 1 is 1.11 bits per heavy atom. The van der Waals surface area contributed by atoms with Crippen molar-refractivity contribution in [2.45, 2.75) is 20.4 Å². The Hall–Kier alpha value is -2.08. The van der Waals surface area contributed by atoms with Crippen LogP contribution in [-0.2, 0) is 11.3 Å². The maximum Gasteiger partial charge on any atom is 0.340 e. The van der Waals surface area contributed by atoms with Gasteiger partial charge in [-0.3, -0.25) is 4.79 Å². The van der Waals surface area contributed by atoms with Gasteiger partial charge in [0.15, 0.2) is 6.61 Å². The summed E-state index contributed by atoms with van der Waals surface area (Å²) in [4.78, 5) is 26.0. The first kappa shape index (κ1) is 19.7. The second kappa shape index (κ2) is 8.30. The summed E-state index contributed by atoms with van der Waals surface area (Å²) >= 11 is 13.5. The molecule has 0 aliphatic rings. The van der Waals surface area contributed by atoms with Crippen LogP contribution in [0.1, 0.15) is 37.0 Å². The number of carbonyl (C=O) groups is 2. The topological polar surface area (TPSA) is 48.3 Å². The molecule has 0 unspecified atom stereocenters. The number of Topliss-reactive ketones (excluding diaryl/α,β-unsaturated/α-hetero) is 1. The Kier molecular flexibility index (Phi) is 6.05. The smallest absolute Gasteiger partial charge is 0.340 e. The maximum atomic E-state index is 12.6. The van der Waals surface area contributed by atoms with Crippen molar-refractivity contribution in [2.24, 2.45) is 0 Å². The number of halogens is 2. The van der Waals surface area contributed by atoms with Crippen LogP contribution < -0.4 is 0 Å². The largest absolute Gasteiger partial charge is 0.454 e. The minimum Gasteiger partial charge on any atom is -0.454 e. The zero-order chi connectivity index (χ0) is 19.6. The molecule has 0 saturated heterocycles. The first-order valence-electron chi connectivity index (χ1n) is 8.21. The molecule has 0 saturated carbocycles. The van der Waals surface area contributed by atoms with Crippen LogP contribution in [0.2, 0.25) is 10.0 Å². The number of thiophene rings is 1. The lowest BCUT2D eigenvalue weighted by molar-refractivity contribution is 0.0474. The van der Waals surface area contributed by atoms with Crippen LogP contribution in [0.25, 0.3) is 0 Å². The molecule has 0 bridgehead atoms. The number of benzene rings is 1. The lowest BCUT2D eigenvalue weighted by Crippen LogP contribution is -2.15. The summed E-state index contributed by atoms with van der Waals surface area (Å²) in [6.45, 7) is 4.20. The van der Waals surface area contributed by atoms with Crippen LogP contribution in [-0.4, -0.2) is 22.9 Å². The number of aryl methyl sites for hydroxylation is 1. The molecule has 140 valence electrons. The van der Waals surface area contributed by atoms with E-state index in [1.54, 1.807) is 17.4 Å². The molecule has 4 nitrogen and oxygen atoms in total. The van der Waals surface area contributed by atoms with Crippen molar-refractivity contribution in [3.05, 3.63) is 79.2 Å². The van der Waals surface area contributed by atoms with Crippen LogP contribution in [0.3, 0.4) is 0 Å². The van der Waals surface area contributed by atoms with Crippen molar-refractivity contribution in [1.29, 1.82) is 0 Å². The van der Waals surface area contributed by atoms with Crippen molar-refractivity contribution >= 4 is 46.3 Å². The highest BCUT2D eigenvalue weighted by molar-refractivity contribution is 7.09. The van der Waals surface area contributed by atoms with Crippen LogP contribution in [0.15, 0.2) is 41.8 Å². The number of hydrogen-bond donors (Lipinski definition) is 0. The van der Waals surface area contributed by atoms with E-state index < -0.39 is 5.97 Å². The zero-order valence-corrected chi connectivity index (χ0v) is 17.1. The highest BCUT2D eigenvalue weighted by atomic mass is 35.5. The van der Waals surface area contributed by atoms with E-state index >= 15 is 0 Å². The normalized spacial score (nSPS) is 10.8. The fourth-order valence-corrected chi connectivity index (χ4v) is 3.89. The average Bonchev–Trinajstić information content (AvgIpc) is 3.25. The molecule has 3 rings (SSSR count). The molecule has 0 fully saturated rings. The summed E-state index contributed by atoms with van der Waals surface area (Å²) in [5.41, 5.74) is 2.52. The van der Waals surface area contributed by atoms with E-state index in [1.165, 1.54) is 17.0 Å². The highest BCUT2D eigenvalue weighted by Gasteiger charge is 2.19. The molecule has 27 heavy (non-hydrogen) atoms. The summed E-state index contributed by atoms with van der Waals surface area (Å²) in [5.74, 6) is -0.935. The number of nitrogens with zero attached hydrogens (tertiary/aromatic N) is 1. The molecule has 7 heteroatoms. The fraction of sp³-hybridized carbons (Fsp3) is 0.200. The molecule has 3 aromatic rings. The third-order valence-corrected chi connectivity index (χ3v) is 5.68. The number of esters is 1. The predicted octanol–water partition coefficient (Wildman–Crippen LogP) is 5.56. The third-order valence-electron chi connectivity index (χ3n) is 4.25. The first-order valence-corrected chi connectivity index (χ1v) is 9.85. The van der Waals surface area contributed by atoms with E-state index in [-0.39, 0.29) is 23.0 Å². The predicted molar refractivity (Wildman–Crippen MR) is 108 cm³/mol. The fourth-order valence-electron chi connectivity index (χ4n) is 2.83. The van der Waals surface area contributed by atoms with E-state index in [2.05, 4.69) is 10.6 Å². The summed E-state index contributed by atoms with van der Waals surface area (Å²) in [6, 6.07) is 10.4. The van der Waals surface area contributed by atoms with Gasteiger partial charge in [0, 0.05) is 26.9 Å². The standard InChI is InChI=1S/C20H17Cl2NO3S/c1-12-8-16(13(2)23(12)10-15-4-3-7-27-15)19(24)11-26-20(25)17-9-14(21)5-6-18(17)22/h3-9H,10-11H2,1-2H3. The molecule has 0 aliphatic heterocycles. The van der Waals surface area contributed by atoms with Gasteiger partial charge in [0.05, 0.1) is 17.1 Å². The molecular weight excluding hydrogens is 405 g/mol. The van der Waals surface area contributed by atoms with Gasteiger partial charge in [0.1, 0.15) is 0 Å². The van der Waals surface area contributed by atoms with Crippen LogP contribution >= 0.6 is 34.5 Å². The Morgan fingerprint density at radius 3 is 2.59 bits per heavy atom. The molecule has 2 heterocycles. The van der Waals surface area contributed by atoms with Crippen molar-refractivity contribution in [3.63, 3.8) is 0 Å². The molecular formula is C20H17Cl2NO3S. The van der Waals surface area contributed by atoms with Gasteiger partial charge in [-0.25, -0.2) is 4.79 Å². The lowest BCUT2D eigenvalue weighted by atomic mass is 10.1. The Morgan fingerprint density at radius 2 is 1.89 bits per heavy atom. The molecule has 0 amide bonds. The van der Waals surface area contributed by atoms with Gasteiger partial charge in [0.25, 0.3) is 0 Å². The van der Waals surface area contributed by atoms with Gasteiger partial charge in [-0.2, -0.15) is 0 Å². The summed E-state index contributed by atoms with van der Waals surface area (Å²) in [5, 5.41) is 2.62. The summed E-state index contributed by atoms with van der Waals surface area (Å²) in [7, 11) is 0. The van der Waals surface area contributed by atoms with Crippen molar-refractivity contribution < 1.29 is 14.3 Å². The summed E-state index contributed by atoms with van der Waals surface area (Å²) < 4.78 is 7.23. The van der Waals surface area contributed by atoms with Gasteiger partial charge in [0.2, 0.25) is 5.78 Å². The minimum absolute atomic E-state index is 0.139. The van der Waals surface area contributed by atoms with Crippen molar-refractivity contribution in [3.8, 4) is 0 Å². The maximum absolute atomic E-state index is 12.6. The average molecular weight is 422 g/mol. The van der Waals surface area contributed by atoms with Crippen LogP contribution in [0, 0.1) is 13.8 Å². The number of rotatable bonds is 6. The van der Waals surface area contributed by atoms with E-state index in [0.717, 1.165) is 11.4 Å². The quantitative estimate of drug-likeness (QED) is 0.386. The Balaban J connectivity index is 1.71. The Labute approximate surface area is 171 Å². The molecule has 1 aromatic carbocycles. The van der Waals surface area contributed by atoms with E-state index in [1.807, 2.05) is 31.4 Å². The minimum atomic E-state index is -0.678. The number of carbonyl (C=O) groups excluding carboxylic acids is 2. The van der Waals surface area contributed by atoms with Gasteiger partial charge in [-0.05, 0) is 49.6 Å². The molecule has 2 aromatic heterocycles. The number of aromatic nitrogens is 1. The Bertz CT molecular complexity index is 993. The second-order valence-corrected chi connectivity index (χ2v) is 7.95. The summed E-state index contributed by atoms with van der Waals surface area (Å²) in [6.07, 6.45) is 0. The number of ketones is 1. The first-order chi connectivity index (χ1) is 12.9. The third kappa shape index (κ3) is 4.43. The van der Waals surface area contributed by atoms with E-state index in [4.69, 9.17) is 27.9 Å². The molecule has 0 spiro atoms. The monoisotopic (exact) mass is 421 g/mol. The van der Waals surface area contributed by atoms with Gasteiger partial charge in [-0.1, -0.05) is 29.3 Å². The van der Waals surface area contributed by atoms with Crippen molar-refractivity contribution in [2.75, 3.05) is 6.61 Å². The second-order valence-electron chi connectivity index (χ2n) is 6.07. The van der Waals surface area contributed by atoms with Crippen LogP contribution in [0.4, 0.5) is 0 Å². The van der Waals surface area contributed by atoms with E-state index in [9.17, 15) is 9.59 Å². The SMILES string of the molecule is Cc1cc(C(=O)COC(=O)c2cc(Cl)ccc2Cl)c(C)n1Cc1cccs1. The highest BCUT2D eigenvalue weighted by Crippen LogP contribution is 2.22. The molecule has 0 radical (unpaired) electrons. The molecule has 0 atom stereocenters. The van der Waals surface area contributed by atoms with Crippen LogP contribution in [0.5, 0.6) is 0 Å². The lowest BCUT2D eigenvalue weighted by Gasteiger charge is -2.09. The number of ether oxygens (including phenoxy) is 1. The number of hydrogen-bond acceptors (Lipinski definition) is 4. The van der Waals surface area contributed by atoms with Crippen molar-refractivity contribution in [1.82, 2.24) is 4.57 Å². The molecule has 0 N–H and O–H groups in total. The molecule has 0 aliphatic carbocycles. The van der Waals surface area contributed by atoms with Gasteiger partial charge in [-0.15, -0.1) is 11.3 Å². The van der Waals surface area contributed by atoms with Gasteiger partial charge >= 0.3 is 5.97 Å².